The van der Waals surface area contributed by atoms with Crippen LogP contribution in [0.15, 0.2) is 0 Å². The number of nitrogens with one attached hydrogen (secondary N) is 1. The number of ether oxygens (including phenoxy) is 1. The van der Waals surface area contributed by atoms with Gasteiger partial charge in [-0.05, 0) is 25.7 Å². The van der Waals surface area contributed by atoms with Crippen LogP contribution in [0.3, 0.4) is 0 Å². The summed E-state index contributed by atoms with van der Waals surface area (Å²) in [6.45, 7) is 3.09. The molecule has 0 unspecified atom stereocenters. The van der Waals surface area contributed by atoms with Crippen LogP contribution in [-0.4, -0.2) is 36.8 Å². The van der Waals surface area contributed by atoms with E-state index < -0.39 is 0 Å². The second kappa shape index (κ2) is 6.77. The van der Waals surface area contributed by atoms with Crippen LogP contribution in [0.2, 0.25) is 0 Å². The van der Waals surface area contributed by atoms with Crippen molar-refractivity contribution in [3.05, 3.63) is 0 Å². The van der Waals surface area contributed by atoms with Crippen molar-refractivity contribution in [1.82, 2.24) is 5.32 Å². The van der Waals surface area contributed by atoms with Crippen molar-refractivity contribution in [2.75, 3.05) is 25.5 Å². The molecule has 0 radical (unpaired) electrons. The Morgan fingerprint density at radius 3 is 2.53 bits per heavy atom. The first-order chi connectivity index (χ1) is 7.45. The molecule has 0 aromatic heterocycles. The molecule has 2 fully saturated rings. The minimum atomic E-state index is 0.725. The van der Waals surface area contributed by atoms with E-state index in [2.05, 4.69) is 17.1 Å². The van der Waals surface area contributed by atoms with E-state index in [1.54, 1.807) is 0 Å². The summed E-state index contributed by atoms with van der Waals surface area (Å²) in [5, 5.41) is 4.62. The molecular weight excluding hydrogens is 206 g/mol. The van der Waals surface area contributed by atoms with Gasteiger partial charge in [-0.15, -0.1) is 0 Å². The van der Waals surface area contributed by atoms with Crippen LogP contribution in [0.4, 0.5) is 0 Å². The van der Waals surface area contributed by atoms with Crippen LogP contribution < -0.4 is 5.32 Å². The van der Waals surface area contributed by atoms with Gasteiger partial charge in [0.05, 0.1) is 0 Å². The van der Waals surface area contributed by atoms with Crippen molar-refractivity contribution < 1.29 is 4.74 Å². The van der Waals surface area contributed by atoms with E-state index in [-0.39, 0.29) is 0 Å². The molecule has 1 aliphatic carbocycles. The summed E-state index contributed by atoms with van der Waals surface area (Å²) in [5.74, 6) is 1.29. The standard InChI is InChI=1S/C12H23NOS/c1-2-4-12(3-1)15-10-7-13-11-5-8-14-9-6-11/h11-13H,1-10H2. The Balaban J connectivity index is 1.47. The van der Waals surface area contributed by atoms with Gasteiger partial charge in [-0.3, -0.25) is 0 Å². The first kappa shape index (κ1) is 11.7. The third-order valence-corrected chi connectivity index (χ3v) is 4.79. The van der Waals surface area contributed by atoms with Crippen molar-refractivity contribution in [2.45, 2.75) is 49.8 Å². The first-order valence-corrected chi connectivity index (χ1v) is 7.43. The largest absolute Gasteiger partial charge is 0.381 e. The van der Waals surface area contributed by atoms with Gasteiger partial charge in [0.15, 0.2) is 0 Å². The fraction of sp³-hybridized carbons (Fsp3) is 1.00. The third-order valence-electron chi connectivity index (χ3n) is 3.41. The Hall–Kier alpha value is 0.270. The number of thioether (sulfide) groups is 1. The predicted octanol–water partition coefficient (Wildman–Crippen LogP) is 2.43. The van der Waals surface area contributed by atoms with Gasteiger partial charge in [0.1, 0.15) is 0 Å². The second-order valence-corrected chi connectivity index (χ2v) is 6.03. The zero-order chi connectivity index (χ0) is 10.3. The van der Waals surface area contributed by atoms with Crippen molar-refractivity contribution in [3.63, 3.8) is 0 Å². The molecule has 1 saturated carbocycles. The van der Waals surface area contributed by atoms with E-state index in [1.165, 1.54) is 50.8 Å². The molecule has 0 amide bonds. The molecule has 88 valence electrons. The molecule has 0 spiro atoms. The lowest BCUT2D eigenvalue weighted by Crippen LogP contribution is -2.36. The van der Waals surface area contributed by atoms with Gasteiger partial charge in [-0.1, -0.05) is 12.8 Å². The average molecular weight is 229 g/mol. The molecule has 1 aliphatic heterocycles. The quantitative estimate of drug-likeness (QED) is 0.732. The molecule has 0 aromatic rings. The molecule has 1 N–H and O–H groups in total. The van der Waals surface area contributed by atoms with Crippen molar-refractivity contribution >= 4 is 11.8 Å². The van der Waals surface area contributed by atoms with E-state index in [0.29, 0.717) is 0 Å². The third kappa shape index (κ3) is 4.33. The highest BCUT2D eigenvalue weighted by Gasteiger charge is 2.15. The van der Waals surface area contributed by atoms with Crippen LogP contribution in [0.1, 0.15) is 38.5 Å². The van der Waals surface area contributed by atoms with Crippen molar-refractivity contribution in [1.29, 1.82) is 0 Å². The maximum atomic E-state index is 5.34. The molecular formula is C12H23NOS. The van der Waals surface area contributed by atoms with Crippen LogP contribution in [0.25, 0.3) is 0 Å². The van der Waals surface area contributed by atoms with Gasteiger partial charge in [-0.25, -0.2) is 0 Å². The van der Waals surface area contributed by atoms with Gasteiger partial charge in [0.2, 0.25) is 0 Å². The first-order valence-electron chi connectivity index (χ1n) is 6.38. The highest BCUT2D eigenvalue weighted by molar-refractivity contribution is 7.99. The van der Waals surface area contributed by atoms with E-state index in [1.807, 2.05) is 0 Å². The lowest BCUT2D eigenvalue weighted by atomic mass is 10.1. The van der Waals surface area contributed by atoms with Crippen molar-refractivity contribution in [2.24, 2.45) is 0 Å². The van der Waals surface area contributed by atoms with Gasteiger partial charge in [-0.2, -0.15) is 11.8 Å². The van der Waals surface area contributed by atoms with E-state index in [9.17, 15) is 0 Å². The Kier molecular flexibility index (Phi) is 5.30. The summed E-state index contributed by atoms with van der Waals surface area (Å²) in [7, 11) is 0. The monoisotopic (exact) mass is 229 g/mol. The molecule has 2 aliphatic rings. The van der Waals surface area contributed by atoms with Crippen LogP contribution in [0.5, 0.6) is 0 Å². The summed E-state index contributed by atoms with van der Waals surface area (Å²) in [4.78, 5) is 0. The van der Waals surface area contributed by atoms with Crippen molar-refractivity contribution in [3.8, 4) is 0 Å². The Morgan fingerprint density at radius 2 is 1.80 bits per heavy atom. The molecule has 2 rings (SSSR count). The van der Waals surface area contributed by atoms with E-state index in [0.717, 1.165) is 24.5 Å². The summed E-state index contributed by atoms with van der Waals surface area (Å²) in [5.41, 5.74) is 0. The maximum absolute atomic E-state index is 5.34. The summed E-state index contributed by atoms with van der Waals surface area (Å²) >= 11 is 2.18. The van der Waals surface area contributed by atoms with E-state index in [4.69, 9.17) is 4.74 Å². The minimum Gasteiger partial charge on any atom is -0.381 e. The number of hydrogen-bond donors (Lipinski definition) is 1. The van der Waals surface area contributed by atoms with Gasteiger partial charge >= 0.3 is 0 Å². The predicted molar refractivity (Wildman–Crippen MR) is 66.6 cm³/mol. The molecule has 15 heavy (non-hydrogen) atoms. The molecule has 0 bridgehead atoms. The van der Waals surface area contributed by atoms with Crippen LogP contribution >= 0.6 is 11.8 Å². The SMILES string of the molecule is C1CCC(SCCNC2CCOCC2)C1. The summed E-state index contributed by atoms with van der Waals surface area (Å²) in [6.07, 6.45) is 8.25. The lowest BCUT2D eigenvalue weighted by Gasteiger charge is -2.23. The van der Waals surface area contributed by atoms with Gasteiger partial charge in [0.25, 0.3) is 0 Å². The summed E-state index contributed by atoms with van der Waals surface area (Å²) in [6, 6.07) is 0.725. The molecule has 1 heterocycles. The van der Waals surface area contributed by atoms with Gasteiger partial charge < -0.3 is 10.1 Å². The fourth-order valence-corrected chi connectivity index (χ4v) is 3.68. The molecule has 0 atom stereocenters. The maximum Gasteiger partial charge on any atom is 0.0480 e. The lowest BCUT2D eigenvalue weighted by molar-refractivity contribution is 0.0786. The minimum absolute atomic E-state index is 0.725. The second-order valence-electron chi connectivity index (χ2n) is 4.62. The zero-order valence-electron chi connectivity index (χ0n) is 9.54. The van der Waals surface area contributed by atoms with Crippen LogP contribution in [-0.2, 0) is 4.74 Å². The number of hydrogen-bond acceptors (Lipinski definition) is 3. The highest BCUT2D eigenvalue weighted by atomic mass is 32.2. The Morgan fingerprint density at radius 1 is 1.07 bits per heavy atom. The smallest absolute Gasteiger partial charge is 0.0480 e. The fourth-order valence-electron chi connectivity index (χ4n) is 2.45. The topological polar surface area (TPSA) is 21.3 Å². The van der Waals surface area contributed by atoms with Gasteiger partial charge in [0, 0.05) is 36.8 Å². The summed E-state index contributed by atoms with van der Waals surface area (Å²) < 4.78 is 5.34. The molecule has 3 heteroatoms. The Bertz CT molecular complexity index is 165. The van der Waals surface area contributed by atoms with E-state index >= 15 is 0 Å². The molecule has 0 aromatic carbocycles. The Labute approximate surface area is 97.5 Å². The normalized spacial score (nSPS) is 24.8. The highest BCUT2D eigenvalue weighted by Crippen LogP contribution is 2.28. The average Bonchev–Trinajstić information content (AvgIpc) is 2.79. The molecule has 2 nitrogen and oxygen atoms in total. The zero-order valence-corrected chi connectivity index (χ0v) is 10.4. The molecule has 1 saturated heterocycles. The number of rotatable bonds is 5. The van der Waals surface area contributed by atoms with Crippen LogP contribution in [0, 0.1) is 0 Å².